The number of pyridine rings is 1. The Morgan fingerprint density at radius 3 is 2.63 bits per heavy atom. The third-order valence-corrected chi connectivity index (χ3v) is 2.51. The Hall–Kier alpha value is -2.62. The lowest BCUT2D eigenvalue weighted by Gasteiger charge is -2.00. The number of ketones is 1. The Morgan fingerprint density at radius 1 is 1.21 bits per heavy atom. The fourth-order valence-electron chi connectivity index (χ4n) is 1.50. The number of ether oxygens (including phenoxy) is 1. The Kier molecular flexibility index (Phi) is 4.29. The molecule has 0 aliphatic heterocycles. The standard InChI is InChI=1S/C15H14N2O2/c1-19-13-7-5-12(6-8-13)14(18)9-11-17-15-4-2-3-10-16-15/h2-11H,1H3,(H,16,17)/b11-9+. The summed E-state index contributed by atoms with van der Waals surface area (Å²) in [6, 6.07) is 12.5. The van der Waals surface area contributed by atoms with Gasteiger partial charge in [0.25, 0.3) is 0 Å². The summed E-state index contributed by atoms with van der Waals surface area (Å²) in [5.74, 6) is 1.35. The molecule has 0 spiro atoms. The van der Waals surface area contributed by atoms with Gasteiger partial charge < -0.3 is 10.1 Å². The number of hydrogen-bond acceptors (Lipinski definition) is 4. The first-order valence-corrected chi connectivity index (χ1v) is 5.82. The topological polar surface area (TPSA) is 51.2 Å². The number of anilines is 1. The molecule has 0 atom stereocenters. The molecule has 0 amide bonds. The zero-order valence-corrected chi connectivity index (χ0v) is 10.5. The number of methoxy groups -OCH3 is 1. The maximum absolute atomic E-state index is 11.8. The highest BCUT2D eigenvalue weighted by molar-refractivity contribution is 6.04. The van der Waals surface area contributed by atoms with E-state index in [1.165, 1.54) is 6.08 Å². The second-order valence-corrected chi connectivity index (χ2v) is 3.79. The average Bonchev–Trinajstić information content (AvgIpc) is 2.48. The van der Waals surface area contributed by atoms with Gasteiger partial charge in [-0.2, -0.15) is 0 Å². The molecule has 2 aromatic rings. The normalized spacial score (nSPS) is 10.4. The van der Waals surface area contributed by atoms with E-state index in [1.807, 2.05) is 18.2 Å². The van der Waals surface area contributed by atoms with Gasteiger partial charge in [-0.3, -0.25) is 4.79 Å². The van der Waals surface area contributed by atoms with Crippen LogP contribution in [-0.4, -0.2) is 17.9 Å². The SMILES string of the molecule is COc1ccc(C(=O)/C=C/Nc2ccccn2)cc1. The summed E-state index contributed by atoms with van der Waals surface area (Å²) in [6.07, 6.45) is 4.73. The predicted octanol–water partition coefficient (Wildman–Crippen LogP) is 2.90. The van der Waals surface area contributed by atoms with Crippen LogP contribution < -0.4 is 10.1 Å². The number of nitrogens with zero attached hydrogens (tertiary/aromatic N) is 1. The van der Waals surface area contributed by atoms with Crippen molar-refractivity contribution >= 4 is 11.6 Å². The second-order valence-electron chi connectivity index (χ2n) is 3.79. The van der Waals surface area contributed by atoms with Crippen molar-refractivity contribution in [1.82, 2.24) is 4.98 Å². The van der Waals surface area contributed by atoms with Gasteiger partial charge in [-0.05, 0) is 36.4 Å². The maximum Gasteiger partial charge on any atom is 0.187 e. The summed E-state index contributed by atoms with van der Waals surface area (Å²) < 4.78 is 5.04. The van der Waals surface area contributed by atoms with E-state index >= 15 is 0 Å². The fraction of sp³-hybridized carbons (Fsp3) is 0.0667. The van der Waals surface area contributed by atoms with E-state index in [0.717, 1.165) is 5.75 Å². The van der Waals surface area contributed by atoms with Gasteiger partial charge in [0, 0.05) is 24.0 Å². The van der Waals surface area contributed by atoms with Crippen LogP contribution in [0.15, 0.2) is 60.9 Å². The van der Waals surface area contributed by atoms with Crippen LogP contribution >= 0.6 is 0 Å². The molecule has 2 rings (SSSR count). The zero-order chi connectivity index (χ0) is 13.5. The van der Waals surface area contributed by atoms with Crippen molar-refractivity contribution in [3.05, 3.63) is 66.5 Å². The van der Waals surface area contributed by atoms with Gasteiger partial charge in [-0.15, -0.1) is 0 Å². The van der Waals surface area contributed by atoms with Crippen molar-refractivity contribution in [2.24, 2.45) is 0 Å². The van der Waals surface area contributed by atoms with Crippen LogP contribution in [0.4, 0.5) is 5.82 Å². The van der Waals surface area contributed by atoms with Gasteiger partial charge in [0.1, 0.15) is 11.6 Å². The van der Waals surface area contributed by atoms with Crippen LogP contribution in [0, 0.1) is 0 Å². The number of carbonyl (C=O) groups excluding carboxylic acids is 1. The molecule has 0 radical (unpaired) electrons. The molecule has 0 saturated carbocycles. The molecule has 96 valence electrons. The van der Waals surface area contributed by atoms with Crippen molar-refractivity contribution in [3.63, 3.8) is 0 Å². The zero-order valence-electron chi connectivity index (χ0n) is 10.5. The van der Waals surface area contributed by atoms with Crippen molar-refractivity contribution in [1.29, 1.82) is 0 Å². The van der Waals surface area contributed by atoms with Gasteiger partial charge in [0.15, 0.2) is 5.78 Å². The van der Waals surface area contributed by atoms with Crippen LogP contribution in [0.25, 0.3) is 0 Å². The van der Waals surface area contributed by atoms with Crippen molar-refractivity contribution < 1.29 is 9.53 Å². The smallest absolute Gasteiger partial charge is 0.187 e. The lowest BCUT2D eigenvalue weighted by atomic mass is 10.1. The third kappa shape index (κ3) is 3.67. The Morgan fingerprint density at radius 2 is 2.00 bits per heavy atom. The molecule has 1 aromatic carbocycles. The highest BCUT2D eigenvalue weighted by Gasteiger charge is 2.01. The predicted molar refractivity (Wildman–Crippen MR) is 74.3 cm³/mol. The minimum Gasteiger partial charge on any atom is -0.497 e. The summed E-state index contributed by atoms with van der Waals surface area (Å²) in [5, 5.41) is 2.93. The number of carbonyl (C=O) groups is 1. The Balaban J connectivity index is 1.96. The molecule has 0 aliphatic carbocycles. The second kappa shape index (κ2) is 6.35. The molecule has 0 saturated heterocycles. The first kappa shape index (κ1) is 12.8. The largest absolute Gasteiger partial charge is 0.497 e. The minimum absolute atomic E-state index is 0.0777. The van der Waals surface area contributed by atoms with Gasteiger partial charge in [0.2, 0.25) is 0 Å². The van der Waals surface area contributed by atoms with Gasteiger partial charge in [-0.25, -0.2) is 4.98 Å². The fourth-order valence-corrected chi connectivity index (χ4v) is 1.50. The van der Waals surface area contributed by atoms with Crippen LogP contribution in [0.2, 0.25) is 0 Å². The third-order valence-electron chi connectivity index (χ3n) is 2.51. The Labute approximate surface area is 111 Å². The summed E-state index contributed by atoms with van der Waals surface area (Å²) in [6.45, 7) is 0. The van der Waals surface area contributed by atoms with E-state index in [1.54, 1.807) is 43.8 Å². The van der Waals surface area contributed by atoms with Crippen LogP contribution in [0.5, 0.6) is 5.75 Å². The number of benzene rings is 1. The molecular formula is C15H14N2O2. The molecular weight excluding hydrogens is 240 g/mol. The van der Waals surface area contributed by atoms with Gasteiger partial charge >= 0.3 is 0 Å². The molecule has 0 fully saturated rings. The lowest BCUT2D eigenvalue weighted by Crippen LogP contribution is -1.97. The molecule has 4 nitrogen and oxygen atoms in total. The summed E-state index contributed by atoms with van der Waals surface area (Å²) >= 11 is 0. The van der Waals surface area contributed by atoms with Gasteiger partial charge in [-0.1, -0.05) is 6.07 Å². The number of hydrogen-bond donors (Lipinski definition) is 1. The first-order chi connectivity index (χ1) is 9.29. The van der Waals surface area contributed by atoms with Crippen LogP contribution in [0.1, 0.15) is 10.4 Å². The number of rotatable bonds is 5. The van der Waals surface area contributed by atoms with Gasteiger partial charge in [0.05, 0.1) is 7.11 Å². The van der Waals surface area contributed by atoms with E-state index in [-0.39, 0.29) is 5.78 Å². The molecule has 4 heteroatoms. The van der Waals surface area contributed by atoms with E-state index < -0.39 is 0 Å². The quantitative estimate of drug-likeness (QED) is 0.658. The van der Waals surface area contributed by atoms with Crippen molar-refractivity contribution in [2.75, 3.05) is 12.4 Å². The summed E-state index contributed by atoms with van der Waals surface area (Å²) in [4.78, 5) is 15.9. The molecule has 0 aliphatic rings. The molecule has 1 aromatic heterocycles. The monoisotopic (exact) mass is 254 g/mol. The highest BCUT2D eigenvalue weighted by atomic mass is 16.5. The average molecular weight is 254 g/mol. The molecule has 1 heterocycles. The first-order valence-electron chi connectivity index (χ1n) is 5.82. The van der Waals surface area contributed by atoms with E-state index in [4.69, 9.17) is 4.74 Å². The van der Waals surface area contributed by atoms with E-state index in [9.17, 15) is 4.79 Å². The molecule has 1 N–H and O–H groups in total. The number of allylic oxidation sites excluding steroid dienone is 1. The molecule has 0 bridgehead atoms. The molecule has 19 heavy (non-hydrogen) atoms. The van der Waals surface area contributed by atoms with E-state index in [0.29, 0.717) is 11.4 Å². The van der Waals surface area contributed by atoms with Crippen LogP contribution in [-0.2, 0) is 0 Å². The number of nitrogens with one attached hydrogen (secondary N) is 1. The lowest BCUT2D eigenvalue weighted by molar-refractivity contribution is 0.104. The summed E-state index contributed by atoms with van der Waals surface area (Å²) in [7, 11) is 1.59. The summed E-state index contributed by atoms with van der Waals surface area (Å²) in [5.41, 5.74) is 0.611. The molecule has 0 unspecified atom stereocenters. The Bertz CT molecular complexity index is 562. The van der Waals surface area contributed by atoms with Crippen molar-refractivity contribution in [3.8, 4) is 5.75 Å². The highest BCUT2D eigenvalue weighted by Crippen LogP contribution is 2.12. The maximum atomic E-state index is 11.8. The number of aromatic nitrogens is 1. The van der Waals surface area contributed by atoms with E-state index in [2.05, 4.69) is 10.3 Å². The minimum atomic E-state index is -0.0777. The van der Waals surface area contributed by atoms with Crippen LogP contribution in [0.3, 0.4) is 0 Å². The van der Waals surface area contributed by atoms with Crippen molar-refractivity contribution in [2.45, 2.75) is 0 Å².